The molecule has 4 heteroatoms. The zero-order valence-corrected chi connectivity index (χ0v) is 8.17. The monoisotopic (exact) mass is 186 g/mol. The second kappa shape index (κ2) is 4.57. The molecule has 1 atom stereocenters. The molecule has 0 aliphatic heterocycles. The van der Waals surface area contributed by atoms with Crippen molar-refractivity contribution in [3.05, 3.63) is 22.4 Å². The predicted molar refractivity (Wildman–Crippen MR) is 50.9 cm³/mol. The van der Waals surface area contributed by atoms with Crippen molar-refractivity contribution in [2.75, 3.05) is 20.7 Å². The van der Waals surface area contributed by atoms with Crippen LogP contribution in [0.4, 0.5) is 0 Å². The average Bonchev–Trinajstić information content (AvgIpc) is 2.58. The van der Waals surface area contributed by atoms with Gasteiger partial charge in [-0.05, 0) is 22.4 Å². The van der Waals surface area contributed by atoms with Crippen LogP contribution in [-0.2, 0) is 4.84 Å². The molecule has 1 unspecified atom stereocenters. The summed E-state index contributed by atoms with van der Waals surface area (Å²) in [6.45, 7) is 0.571. The maximum Gasteiger partial charge on any atom is 0.0729 e. The summed E-state index contributed by atoms with van der Waals surface area (Å²) < 4.78 is 0. The van der Waals surface area contributed by atoms with Crippen molar-refractivity contribution in [1.82, 2.24) is 5.06 Å². The smallest absolute Gasteiger partial charge is 0.0729 e. The minimum atomic E-state index is 0.168. The second-order valence-electron chi connectivity index (χ2n) is 2.54. The highest BCUT2D eigenvalue weighted by Crippen LogP contribution is 2.20. The van der Waals surface area contributed by atoms with Gasteiger partial charge in [0, 0.05) is 13.6 Å². The lowest BCUT2D eigenvalue weighted by Crippen LogP contribution is -2.29. The van der Waals surface area contributed by atoms with Gasteiger partial charge in [0.1, 0.15) is 0 Å². The molecule has 0 fully saturated rings. The molecule has 0 aliphatic rings. The van der Waals surface area contributed by atoms with Crippen molar-refractivity contribution in [2.45, 2.75) is 6.04 Å². The Labute approximate surface area is 76.7 Å². The van der Waals surface area contributed by atoms with Gasteiger partial charge in [-0.3, -0.25) is 0 Å². The third kappa shape index (κ3) is 2.04. The summed E-state index contributed by atoms with van der Waals surface area (Å²) in [6.07, 6.45) is 0. The standard InChI is InChI=1S/C8H14N2OS/c1-10(11-2)8(5-9)7-3-4-12-6-7/h3-4,6,8H,5,9H2,1-2H3. The van der Waals surface area contributed by atoms with Gasteiger partial charge in [0.05, 0.1) is 13.2 Å². The lowest BCUT2D eigenvalue weighted by atomic mass is 10.1. The number of thiophene rings is 1. The molecule has 2 N–H and O–H groups in total. The van der Waals surface area contributed by atoms with Gasteiger partial charge in [-0.15, -0.1) is 0 Å². The molecule has 1 aromatic rings. The highest BCUT2D eigenvalue weighted by Gasteiger charge is 2.14. The van der Waals surface area contributed by atoms with Crippen molar-refractivity contribution in [2.24, 2.45) is 5.73 Å². The van der Waals surface area contributed by atoms with Crippen LogP contribution in [-0.4, -0.2) is 25.8 Å². The van der Waals surface area contributed by atoms with Gasteiger partial charge in [0.2, 0.25) is 0 Å². The molecular weight excluding hydrogens is 172 g/mol. The van der Waals surface area contributed by atoms with Crippen LogP contribution in [0.15, 0.2) is 16.8 Å². The Balaban J connectivity index is 2.69. The fourth-order valence-electron chi connectivity index (χ4n) is 1.09. The third-order valence-corrected chi connectivity index (χ3v) is 2.58. The SMILES string of the molecule is CON(C)C(CN)c1ccsc1. The molecule has 68 valence electrons. The summed E-state index contributed by atoms with van der Waals surface area (Å²) in [6, 6.07) is 2.23. The second-order valence-corrected chi connectivity index (χ2v) is 3.32. The van der Waals surface area contributed by atoms with Gasteiger partial charge in [-0.2, -0.15) is 16.4 Å². The van der Waals surface area contributed by atoms with Crippen molar-refractivity contribution in [1.29, 1.82) is 0 Å². The van der Waals surface area contributed by atoms with E-state index in [1.807, 2.05) is 12.4 Å². The van der Waals surface area contributed by atoms with Crippen LogP contribution >= 0.6 is 11.3 Å². The Bertz CT molecular complexity index is 213. The van der Waals surface area contributed by atoms with Crippen LogP contribution in [0.3, 0.4) is 0 Å². The number of hydrogen-bond donors (Lipinski definition) is 1. The highest BCUT2D eigenvalue weighted by molar-refractivity contribution is 7.07. The Morgan fingerprint density at radius 1 is 1.75 bits per heavy atom. The van der Waals surface area contributed by atoms with Crippen LogP contribution in [0, 0.1) is 0 Å². The van der Waals surface area contributed by atoms with Crippen LogP contribution in [0.1, 0.15) is 11.6 Å². The first-order valence-electron chi connectivity index (χ1n) is 3.78. The minimum absolute atomic E-state index is 0.168. The van der Waals surface area contributed by atoms with Gasteiger partial charge >= 0.3 is 0 Å². The predicted octanol–water partition coefficient (Wildman–Crippen LogP) is 1.24. The molecule has 0 radical (unpaired) electrons. The Hall–Kier alpha value is -0.420. The van der Waals surface area contributed by atoms with E-state index < -0.39 is 0 Å². The van der Waals surface area contributed by atoms with Gasteiger partial charge in [0.25, 0.3) is 0 Å². The Morgan fingerprint density at radius 2 is 2.50 bits per heavy atom. The number of hydroxylamine groups is 2. The van der Waals surface area contributed by atoms with E-state index in [1.165, 1.54) is 5.56 Å². The Kier molecular flexibility index (Phi) is 3.68. The van der Waals surface area contributed by atoms with Crippen molar-refractivity contribution < 1.29 is 4.84 Å². The lowest BCUT2D eigenvalue weighted by molar-refractivity contribution is -0.140. The number of nitrogens with zero attached hydrogens (tertiary/aromatic N) is 1. The summed E-state index contributed by atoms with van der Waals surface area (Å²) in [7, 11) is 3.53. The molecule has 1 aromatic heterocycles. The molecule has 3 nitrogen and oxygen atoms in total. The average molecular weight is 186 g/mol. The highest BCUT2D eigenvalue weighted by atomic mass is 32.1. The van der Waals surface area contributed by atoms with E-state index in [1.54, 1.807) is 23.5 Å². The summed E-state index contributed by atoms with van der Waals surface area (Å²) in [4.78, 5) is 5.08. The molecule has 12 heavy (non-hydrogen) atoms. The molecule has 0 bridgehead atoms. The van der Waals surface area contributed by atoms with Crippen molar-refractivity contribution in [3.63, 3.8) is 0 Å². The van der Waals surface area contributed by atoms with E-state index in [2.05, 4.69) is 11.4 Å². The van der Waals surface area contributed by atoms with Gasteiger partial charge in [-0.25, -0.2) is 0 Å². The summed E-state index contributed by atoms with van der Waals surface area (Å²) >= 11 is 1.67. The van der Waals surface area contributed by atoms with Crippen LogP contribution in [0.5, 0.6) is 0 Å². The van der Waals surface area contributed by atoms with E-state index in [0.29, 0.717) is 6.54 Å². The maximum atomic E-state index is 5.62. The van der Waals surface area contributed by atoms with Gasteiger partial charge in [0.15, 0.2) is 0 Å². The molecule has 0 aromatic carbocycles. The summed E-state index contributed by atoms with van der Waals surface area (Å²) in [5, 5.41) is 5.90. The van der Waals surface area contributed by atoms with Crippen molar-refractivity contribution >= 4 is 11.3 Å². The molecule has 1 rings (SSSR count). The maximum absolute atomic E-state index is 5.62. The van der Waals surface area contributed by atoms with E-state index in [0.717, 1.165) is 0 Å². The molecule has 0 saturated heterocycles. The van der Waals surface area contributed by atoms with Gasteiger partial charge in [-0.1, -0.05) is 0 Å². The third-order valence-electron chi connectivity index (χ3n) is 1.88. The van der Waals surface area contributed by atoms with Gasteiger partial charge < -0.3 is 10.6 Å². The first-order chi connectivity index (χ1) is 5.79. The molecule has 1 heterocycles. The number of likely N-dealkylation sites (N-methyl/N-ethyl adjacent to an activating group) is 1. The zero-order valence-electron chi connectivity index (χ0n) is 7.36. The Morgan fingerprint density at radius 3 is 2.92 bits per heavy atom. The van der Waals surface area contributed by atoms with E-state index in [-0.39, 0.29) is 6.04 Å². The first kappa shape index (κ1) is 9.67. The lowest BCUT2D eigenvalue weighted by Gasteiger charge is -2.23. The van der Waals surface area contributed by atoms with Crippen LogP contribution in [0.25, 0.3) is 0 Å². The largest absolute Gasteiger partial charge is 0.329 e. The van der Waals surface area contributed by atoms with Crippen molar-refractivity contribution in [3.8, 4) is 0 Å². The fourth-order valence-corrected chi connectivity index (χ4v) is 1.79. The molecular formula is C8H14N2OS. The molecule has 0 amide bonds. The van der Waals surface area contributed by atoms with E-state index in [4.69, 9.17) is 10.6 Å². The topological polar surface area (TPSA) is 38.5 Å². The first-order valence-corrected chi connectivity index (χ1v) is 4.73. The molecule has 0 aliphatic carbocycles. The quantitative estimate of drug-likeness (QED) is 0.719. The number of nitrogens with two attached hydrogens (primary N) is 1. The molecule has 0 saturated carbocycles. The fraction of sp³-hybridized carbons (Fsp3) is 0.500. The van der Waals surface area contributed by atoms with E-state index >= 15 is 0 Å². The number of rotatable bonds is 4. The minimum Gasteiger partial charge on any atom is -0.329 e. The normalized spacial score (nSPS) is 13.7. The number of hydrogen-bond acceptors (Lipinski definition) is 4. The molecule has 0 spiro atoms. The van der Waals surface area contributed by atoms with Crippen LogP contribution in [0.2, 0.25) is 0 Å². The summed E-state index contributed by atoms with van der Waals surface area (Å²) in [5.41, 5.74) is 6.84. The van der Waals surface area contributed by atoms with E-state index in [9.17, 15) is 0 Å². The zero-order chi connectivity index (χ0) is 8.97. The van der Waals surface area contributed by atoms with Crippen LogP contribution < -0.4 is 5.73 Å². The summed E-state index contributed by atoms with van der Waals surface area (Å²) in [5.74, 6) is 0.